The van der Waals surface area contributed by atoms with Gasteiger partial charge in [0.2, 0.25) is 0 Å². The summed E-state index contributed by atoms with van der Waals surface area (Å²) in [7, 11) is 0. The number of thiophene rings is 1. The number of unbranched alkanes of at least 4 members (excludes halogenated alkanes) is 4. The van der Waals surface area contributed by atoms with E-state index in [0.29, 0.717) is 72.1 Å². The van der Waals surface area contributed by atoms with Gasteiger partial charge in [0.05, 0.1) is 56.3 Å². The SMILES string of the molecule is CCCCOc1ccc(C(=O)Oc2ccc(C#Cc3sc(C#Cc4ccc(OC(=O)c5ccc(OCCCC)c(OCCCC)c5)cc4)c(Br)c3Br)cc2)cc1OCCCC. The molecule has 61 heavy (non-hydrogen) atoms. The number of ether oxygens (including phenoxy) is 6. The Hall–Kier alpha value is -5.20. The maximum Gasteiger partial charge on any atom is 0.343 e. The van der Waals surface area contributed by atoms with Gasteiger partial charge in [-0.05, 0) is 154 Å². The number of halogens is 2. The van der Waals surface area contributed by atoms with E-state index >= 15 is 0 Å². The summed E-state index contributed by atoms with van der Waals surface area (Å²) in [6.45, 7) is 10.6. The highest BCUT2D eigenvalue weighted by Gasteiger charge is 2.17. The van der Waals surface area contributed by atoms with Gasteiger partial charge in [0.15, 0.2) is 23.0 Å². The maximum atomic E-state index is 13.1. The highest BCUT2D eigenvalue weighted by molar-refractivity contribution is 9.13. The second-order valence-electron chi connectivity index (χ2n) is 13.8. The summed E-state index contributed by atoms with van der Waals surface area (Å²) in [5.41, 5.74) is 2.24. The van der Waals surface area contributed by atoms with Crippen molar-refractivity contribution in [2.75, 3.05) is 26.4 Å². The van der Waals surface area contributed by atoms with Gasteiger partial charge in [0.25, 0.3) is 0 Å². The number of carbonyl (C=O) groups is 2. The van der Waals surface area contributed by atoms with Crippen LogP contribution in [-0.2, 0) is 0 Å². The second kappa shape index (κ2) is 24.9. The highest BCUT2D eigenvalue weighted by atomic mass is 79.9. The maximum absolute atomic E-state index is 13.1. The molecule has 0 aliphatic heterocycles. The average molecular weight is 971 g/mol. The first kappa shape index (κ1) is 46.9. The molecule has 0 fully saturated rings. The van der Waals surface area contributed by atoms with E-state index in [1.54, 1.807) is 84.9 Å². The lowest BCUT2D eigenvalue weighted by Gasteiger charge is -2.14. The molecule has 4 aromatic carbocycles. The van der Waals surface area contributed by atoms with E-state index in [-0.39, 0.29) is 0 Å². The zero-order valence-electron chi connectivity index (χ0n) is 35.0. The molecule has 0 aliphatic carbocycles. The van der Waals surface area contributed by atoms with Crippen LogP contribution in [0.1, 0.15) is 121 Å². The molecule has 11 heteroatoms. The Labute approximate surface area is 380 Å². The first-order valence-corrected chi connectivity index (χ1v) is 23.1. The van der Waals surface area contributed by atoms with Crippen LogP contribution in [0.5, 0.6) is 34.5 Å². The third kappa shape index (κ3) is 14.5. The molecule has 0 bridgehead atoms. The Morgan fingerprint density at radius 3 is 1.16 bits per heavy atom. The molecule has 8 nitrogen and oxygen atoms in total. The number of esters is 2. The van der Waals surface area contributed by atoms with E-state index in [2.05, 4.69) is 83.2 Å². The van der Waals surface area contributed by atoms with E-state index in [4.69, 9.17) is 28.4 Å². The summed E-state index contributed by atoms with van der Waals surface area (Å²) in [4.78, 5) is 27.7. The zero-order valence-corrected chi connectivity index (χ0v) is 39.0. The molecule has 0 saturated carbocycles. The number of carbonyl (C=O) groups excluding carboxylic acids is 2. The molecule has 0 radical (unpaired) electrons. The summed E-state index contributed by atoms with van der Waals surface area (Å²) in [5, 5.41) is 0. The first-order chi connectivity index (χ1) is 29.7. The van der Waals surface area contributed by atoms with Crippen molar-refractivity contribution in [1.82, 2.24) is 0 Å². The number of hydrogen-bond acceptors (Lipinski definition) is 9. The van der Waals surface area contributed by atoms with Crippen LogP contribution >= 0.6 is 43.2 Å². The molecule has 1 heterocycles. The fourth-order valence-electron chi connectivity index (χ4n) is 5.39. The third-order valence-corrected chi connectivity index (χ3v) is 12.6. The summed E-state index contributed by atoms with van der Waals surface area (Å²) in [6, 6.07) is 24.3. The van der Waals surface area contributed by atoms with Crippen molar-refractivity contribution < 1.29 is 38.0 Å². The monoisotopic (exact) mass is 968 g/mol. The largest absolute Gasteiger partial charge is 0.490 e. The zero-order chi connectivity index (χ0) is 43.4. The van der Waals surface area contributed by atoms with Crippen molar-refractivity contribution in [1.29, 1.82) is 0 Å². The summed E-state index contributed by atoms with van der Waals surface area (Å²) < 4.78 is 36.7. The summed E-state index contributed by atoms with van der Waals surface area (Å²) in [5.74, 6) is 14.9. The molecule has 318 valence electrons. The molecule has 0 atom stereocenters. The fourth-order valence-corrected chi connectivity index (χ4v) is 7.53. The van der Waals surface area contributed by atoms with Gasteiger partial charge in [-0.2, -0.15) is 0 Å². The van der Waals surface area contributed by atoms with Crippen LogP contribution in [0.4, 0.5) is 0 Å². The van der Waals surface area contributed by atoms with Crippen molar-refractivity contribution in [2.45, 2.75) is 79.1 Å². The minimum atomic E-state index is -0.493. The molecule has 0 N–H and O–H groups in total. The second-order valence-corrected chi connectivity index (χ2v) is 16.5. The molecule has 0 saturated heterocycles. The van der Waals surface area contributed by atoms with E-state index in [1.807, 2.05) is 0 Å². The molecule has 5 aromatic rings. The number of hydrogen-bond donors (Lipinski definition) is 0. The van der Waals surface area contributed by atoms with Crippen molar-refractivity contribution in [3.8, 4) is 58.2 Å². The fraction of sp³-hybridized carbons (Fsp3) is 0.320. The molecule has 0 amide bonds. The minimum absolute atomic E-state index is 0.372. The summed E-state index contributed by atoms with van der Waals surface area (Å²) in [6.07, 6.45) is 7.70. The number of benzene rings is 4. The van der Waals surface area contributed by atoms with Gasteiger partial charge >= 0.3 is 11.9 Å². The van der Waals surface area contributed by atoms with Gasteiger partial charge in [0.1, 0.15) is 11.5 Å². The Morgan fingerprint density at radius 2 is 0.820 bits per heavy atom. The van der Waals surface area contributed by atoms with Crippen LogP contribution in [0, 0.1) is 23.7 Å². The van der Waals surface area contributed by atoms with Crippen molar-refractivity contribution in [2.24, 2.45) is 0 Å². The first-order valence-electron chi connectivity index (χ1n) is 20.7. The Kier molecular flexibility index (Phi) is 19.1. The molecule has 0 aliphatic rings. The van der Waals surface area contributed by atoms with Crippen LogP contribution in [0.15, 0.2) is 93.9 Å². The van der Waals surface area contributed by atoms with Gasteiger partial charge in [-0.1, -0.05) is 65.2 Å². The van der Waals surface area contributed by atoms with Crippen LogP contribution in [0.3, 0.4) is 0 Å². The van der Waals surface area contributed by atoms with Gasteiger partial charge in [0, 0.05) is 11.1 Å². The molecular formula is C50H50Br2O8S. The van der Waals surface area contributed by atoms with Crippen LogP contribution in [-0.4, -0.2) is 38.4 Å². The smallest absolute Gasteiger partial charge is 0.343 e. The molecule has 5 rings (SSSR count). The van der Waals surface area contributed by atoms with E-state index in [0.717, 1.165) is 81.2 Å². The molecule has 1 aromatic heterocycles. The Balaban J connectivity index is 1.19. The van der Waals surface area contributed by atoms with E-state index < -0.39 is 11.9 Å². The predicted molar refractivity (Wildman–Crippen MR) is 249 cm³/mol. The third-order valence-electron chi connectivity index (χ3n) is 8.95. The minimum Gasteiger partial charge on any atom is -0.490 e. The van der Waals surface area contributed by atoms with Crippen LogP contribution in [0.25, 0.3) is 0 Å². The topological polar surface area (TPSA) is 89.5 Å². The molecule has 0 spiro atoms. The van der Waals surface area contributed by atoms with E-state index in [9.17, 15) is 9.59 Å². The van der Waals surface area contributed by atoms with Crippen molar-refractivity contribution in [3.63, 3.8) is 0 Å². The van der Waals surface area contributed by atoms with Crippen LogP contribution in [0.2, 0.25) is 0 Å². The quantitative estimate of drug-likeness (QED) is 0.0330. The van der Waals surface area contributed by atoms with Gasteiger partial charge in [-0.25, -0.2) is 9.59 Å². The average Bonchev–Trinajstić information content (AvgIpc) is 3.54. The molecule has 0 unspecified atom stereocenters. The van der Waals surface area contributed by atoms with Gasteiger partial charge in [-0.15, -0.1) is 11.3 Å². The van der Waals surface area contributed by atoms with Gasteiger partial charge < -0.3 is 28.4 Å². The lowest BCUT2D eigenvalue weighted by atomic mass is 10.2. The lowest BCUT2D eigenvalue weighted by Crippen LogP contribution is -2.10. The van der Waals surface area contributed by atoms with Crippen molar-refractivity contribution >= 4 is 55.1 Å². The van der Waals surface area contributed by atoms with E-state index in [1.165, 1.54) is 11.3 Å². The highest BCUT2D eigenvalue weighted by Crippen LogP contribution is 2.37. The van der Waals surface area contributed by atoms with Crippen LogP contribution < -0.4 is 28.4 Å². The predicted octanol–water partition coefficient (Wildman–Crippen LogP) is 13.2. The van der Waals surface area contributed by atoms with Crippen molar-refractivity contribution in [3.05, 3.63) is 126 Å². The Morgan fingerprint density at radius 1 is 0.475 bits per heavy atom. The van der Waals surface area contributed by atoms with Gasteiger partial charge in [-0.3, -0.25) is 0 Å². The summed E-state index contributed by atoms with van der Waals surface area (Å²) >= 11 is 8.75. The molecular weight excluding hydrogens is 920 g/mol. The standard InChI is InChI=1S/C50H50Br2O8S/c1-5-9-29-55-41-25-19-37(33-43(41)57-31-11-7-3)49(53)59-39-21-13-35(14-22-39)17-27-45-47(51)48(52)46(61-45)28-18-36-15-23-40(24-16-36)60-50(54)38-20-26-42(56-30-10-6-2)44(34-38)58-32-12-8-4/h13-16,19-26,33-34H,5-12,29-32H2,1-4H3. The Bertz CT molecular complexity index is 2180. The normalized spacial score (nSPS) is 10.5. The number of rotatable bonds is 20. The lowest BCUT2D eigenvalue weighted by molar-refractivity contribution is 0.0724.